The molecule has 2 saturated heterocycles. The highest BCUT2D eigenvalue weighted by Gasteiger charge is 2.45. The number of hydrogen-bond acceptors (Lipinski definition) is 8. The summed E-state index contributed by atoms with van der Waals surface area (Å²) in [5, 5.41) is 5.66. The monoisotopic (exact) mass is 481 g/mol. The first kappa shape index (κ1) is 22.8. The molecule has 1 aromatic carbocycles. The molecule has 10 heteroatoms. The van der Waals surface area contributed by atoms with Gasteiger partial charge in [0.25, 0.3) is 11.8 Å². The maximum atomic E-state index is 13.5. The van der Waals surface area contributed by atoms with E-state index in [1.54, 1.807) is 23.5 Å². The Morgan fingerprint density at radius 2 is 2.00 bits per heavy atom. The van der Waals surface area contributed by atoms with E-state index in [1.165, 1.54) is 4.88 Å². The second kappa shape index (κ2) is 9.36. The van der Waals surface area contributed by atoms with Gasteiger partial charge in [-0.3, -0.25) is 34.3 Å². The average molecular weight is 482 g/mol. The topological polar surface area (TPSA) is 112 Å². The van der Waals surface area contributed by atoms with Crippen LogP contribution in [0.25, 0.3) is 0 Å². The zero-order valence-corrected chi connectivity index (χ0v) is 19.8. The Morgan fingerprint density at radius 1 is 1.15 bits per heavy atom. The van der Waals surface area contributed by atoms with Crippen LogP contribution in [0.5, 0.6) is 0 Å². The number of benzene rings is 1. The number of nitrogens with zero attached hydrogens (tertiary/aromatic N) is 3. The number of hydrogen-bond donors (Lipinski definition) is 2. The molecular formula is C24H27N5O4S. The molecule has 5 rings (SSSR count). The molecule has 0 saturated carbocycles. The van der Waals surface area contributed by atoms with E-state index >= 15 is 0 Å². The molecule has 3 aliphatic heterocycles. The minimum Gasteiger partial charge on any atom is -0.316 e. The van der Waals surface area contributed by atoms with Crippen molar-refractivity contribution in [1.82, 2.24) is 25.4 Å². The summed E-state index contributed by atoms with van der Waals surface area (Å²) in [7, 11) is 0. The lowest BCUT2D eigenvalue weighted by Crippen LogP contribution is -2.54. The molecule has 1 aromatic heterocycles. The zero-order valence-electron chi connectivity index (χ0n) is 19.0. The van der Waals surface area contributed by atoms with Gasteiger partial charge in [0, 0.05) is 30.9 Å². The fourth-order valence-electron chi connectivity index (χ4n) is 5.06. The van der Waals surface area contributed by atoms with Crippen LogP contribution in [0.2, 0.25) is 0 Å². The van der Waals surface area contributed by atoms with Crippen LogP contribution in [0.1, 0.15) is 56.1 Å². The third-order valence-electron chi connectivity index (χ3n) is 6.84. The van der Waals surface area contributed by atoms with Crippen LogP contribution in [0.4, 0.5) is 0 Å². The summed E-state index contributed by atoms with van der Waals surface area (Å²) in [5.74, 6) is -1.39. The third-order valence-corrected chi connectivity index (χ3v) is 7.76. The van der Waals surface area contributed by atoms with E-state index in [4.69, 9.17) is 0 Å². The molecule has 3 aliphatic rings. The van der Waals surface area contributed by atoms with Crippen LogP contribution >= 0.6 is 11.3 Å². The summed E-state index contributed by atoms with van der Waals surface area (Å²) < 4.78 is 0. The van der Waals surface area contributed by atoms with Crippen LogP contribution in [-0.4, -0.2) is 64.1 Å². The molecule has 0 aliphatic carbocycles. The minimum absolute atomic E-state index is 0.105. The Bertz CT molecular complexity index is 1160. The van der Waals surface area contributed by atoms with Gasteiger partial charge in [-0.05, 0) is 50.4 Å². The van der Waals surface area contributed by atoms with Crippen LogP contribution in [0.15, 0.2) is 23.7 Å². The largest absolute Gasteiger partial charge is 0.316 e. The van der Waals surface area contributed by atoms with Crippen molar-refractivity contribution < 1.29 is 19.2 Å². The summed E-state index contributed by atoms with van der Waals surface area (Å²) in [6.07, 6.45) is 1.36. The fourth-order valence-corrected chi connectivity index (χ4v) is 5.88. The van der Waals surface area contributed by atoms with Crippen molar-refractivity contribution in [3.8, 4) is 0 Å². The highest BCUT2D eigenvalue weighted by Crippen LogP contribution is 2.31. The first-order valence-corrected chi connectivity index (χ1v) is 12.5. The molecule has 2 atom stereocenters. The van der Waals surface area contributed by atoms with Gasteiger partial charge in [-0.1, -0.05) is 12.1 Å². The number of fused-ring (bicyclic) bond motifs is 1. The summed E-state index contributed by atoms with van der Waals surface area (Å²) in [5.41, 5.74) is 4.32. The van der Waals surface area contributed by atoms with Crippen molar-refractivity contribution in [2.75, 3.05) is 19.6 Å². The van der Waals surface area contributed by atoms with Gasteiger partial charge in [-0.15, -0.1) is 11.3 Å². The van der Waals surface area contributed by atoms with Gasteiger partial charge in [0.15, 0.2) is 0 Å². The maximum absolute atomic E-state index is 13.5. The summed E-state index contributed by atoms with van der Waals surface area (Å²) in [4.78, 5) is 59.5. The van der Waals surface area contributed by atoms with Crippen molar-refractivity contribution in [3.63, 3.8) is 0 Å². The molecule has 2 fully saturated rings. The number of amides is 4. The highest BCUT2D eigenvalue weighted by atomic mass is 32.1. The number of carbonyl (C=O) groups excluding carboxylic acids is 4. The van der Waals surface area contributed by atoms with E-state index < -0.39 is 23.8 Å². The Morgan fingerprint density at radius 3 is 2.71 bits per heavy atom. The molecule has 2 unspecified atom stereocenters. The van der Waals surface area contributed by atoms with Gasteiger partial charge in [-0.25, -0.2) is 4.98 Å². The lowest BCUT2D eigenvalue weighted by Gasteiger charge is -2.28. The first-order valence-electron chi connectivity index (χ1n) is 11.6. The predicted molar refractivity (Wildman–Crippen MR) is 125 cm³/mol. The molecule has 2 aromatic rings. The van der Waals surface area contributed by atoms with Crippen molar-refractivity contribution in [2.24, 2.45) is 5.92 Å². The Kier molecular flexibility index (Phi) is 6.28. The molecule has 2 N–H and O–H groups in total. The maximum Gasteiger partial charge on any atom is 0.262 e. The van der Waals surface area contributed by atoms with Gasteiger partial charge in [0.05, 0.1) is 22.3 Å². The van der Waals surface area contributed by atoms with E-state index in [9.17, 15) is 19.2 Å². The van der Waals surface area contributed by atoms with Crippen LogP contribution in [-0.2, 0) is 22.7 Å². The molecule has 178 valence electrons. The Balaban J connectivity index is 1.42. The Labute approximate surface area is 201 Å². The second-order valence-corrected chi connectivity index (χ2v) is 10.1. The number of aromatic nitrogens is 1. The van der Waals surface area contributed by atoms with Crippen LogP contribution in [0.3, 0.4) is 0 Å². The second-order valence-electron chi connectivity index (χ2n) is 9.18. The van der Waals surface area contributed by atoms with Crippen LogP contribution in [0, 0.1) is 12.8 Å². The van der Waals surface area contributed by atoms with Crippen LogP contribution < -0.4 is 10.6 Å². The van der Waals surface area contributed by atoms with E-state index in [0.717, 1.165) is 48.8 Å². The molecule has 34 heavy (non-hydrogen) atoms. The van der Waals surface area contributed by atoms with E-state index in [2.05, 4.69) is 20.5 Å². The summed E-state index contributed by atoms with van der Waals surface area (Å²) in [6.45, 7) is 6.07. The average Bonchev–Trinajstić information content (AvgIpc) is 3.51. The van der Waals surface area contributed by atoms with Gasteiger partial charge in [0.2, 0.25) is 11.8 Å². The number of carbonyl (C=O) groups is 4. The quantitative estimate of drug-likeness (QED) is 0.576. The van der Waals surface area contributed by atoms with Gasteiger partial charge in [0.1, 0.15) is 6.04 Å². The van der Waals surface area contributed by atoms with Crippen molar-refractivity contribution in [1.29, 1.82) is 0 Å². The number of rotatable bonds is 7. The number of piperidine rings is 1. The molecule has 0 radical (unpaired) electrons. The SMILES string of the molecule is Cc1ncsc1CN(Cc1cccc2c1C(=O)N(C1CCC(=O)NC1=O)C2=O)CC1CCNC1. The minimum atomic E-state index is -0.960. The number of aryl methyl sites for hydroxylation is 1. The lowest BCUT2D eigenvalue weighted by atomic mass is 10.0. The smallest absolute Gasteiger partial charge is 0.262 e. The lowest BCUT2D eigenvalue weighted by molar-refractivity contribution is -0.136. The number of thiazole rings is 1. The normalized spacial score (nSPS) is 22.6. The van der Waals surface area contributed by atoms with Gasteiger partial charge >= 0.3 is 0 Å². The zero-order chi connectivity index (χ0) is 23.8. The van der Waals surface area contributed by atoms with Gasteiger partial charge in [-0.2, -0.15) is 0 Å². The molecule has 4 heterocycles. The van der Waals surface area contributed by atoms with Crippen molar-refractivity contribution >= 4 is 35.0 Å². The molecule has 9 nitrogen and oxygen atoms in total. The summed E-state index contributed by atoms with van der Waals surface area (Å²) >= 11 is 1.62. The van der Waals surface area contributed by atoms with E-state index in [-0.39, 0.29) is 18.7 Å². The predicted octanol–water partition coefficient (Wildman–Crippen LogP) is 1.46. The first-order chi connectivity index (χ1) is 16.4. The van der Waals surface area contributed by atoms with Gasteiger partial charge < -0.3 is 5.32 Å². The fraction of sp³-hybridized carbons (Fsp3) is 0.458. The molecule has 0 bridgehead atoms. The van der Waals surface area contributed by atoms with E-state index in [1.807, 2.05) is 18.5 Å². The standard InChI is InChI=1S/C24H27N5O4S/c1-14-19(34-13-26-14)12-28(10-15-7-8-25-9-15)11-16-3-2-4-17-21(16)24(33)29(23(17)32)18-5-6-20(30)27-22(18)31/h2-4,13,15,18,25H,5-12H2,1H3,(H,27,30,31). The molecule has 4 amide bonds. The van der Waals surface area contributed by atoms with Crippen molar-refractivity contribution in [3.05, 3.63) is 51.0 Å². The molecule has 0 spiro atoms. The highest BCUT2D eigenvalue weighted by molar-refractivity contribution is 7.09. The number of nitrogens with one attached hydrogen (secondary N) is 2. The third kappa shape index (κ3) is 4.28. The van der Waals surface area contributed by atoms with E-state index in [0.29, 0.717) is 23.6 Å². The molecular weight excluding hydrogens is 454 g/mol. The number of imide groups is 2. The van der Waals surface area contributed by atoms with Crippen molar-refractivity contribution in [2.45, 2.75) is 45.3 Å². The Hall–Kier alpha value is -2.95. The summed E-state index contributed by atoms with van der Waals surface area (Å²) in [6, 6.07) is 4.36.